The highest BCUT2D eigenvalue weighted by atomic mass is 32.1. The molecule has 1 aliphatic rings. The van der Waals surface area contributed by atoms with Crippen molar-refractivity contribution in [2.24, 2.45) is 0 Å². The summed E-state index contributed by atoms with van der Waals surface area (Å²) in [5.41, 5.74) is 1.08. The van der Waals surface area contributed by atoms with Gasteiger partial charge in [-0.05, 0) is 31.2 Å². The summed E-state index contributed by atoms with van der Waals surface area (Å²) in [6, 6.07) is 17.8. The van der Waals surface area contributed by atoms with E-state index in [0.29, 0.717) is 0 Å². The van der Waals surface area contributed by atoms with Crippen molar-refractivity contribution in [3.63, 3.8) is 0 Å². The molecule has 5 nitrogen and oxygen atoms in total. The van der Waals surface area contributed by atoms with Crippen LogP contribution in [0.3, 0.4) is 0 Å². The number of amides is 1. The molecule has 2 aromatic carbocycles. The minimum absolute atomic E-state index is 0.0675. The molecule has 4 rings (SSSR count). The fourth-order valence-electron chi connectivity index (χ4n) is 3.44. The standard InChI is InChI=1S/C21H23N3O2S/c1-16(26-17-7-3-2-4-8-17)21(25)24-13-11-23(12-14-24)15-20-22-18-9-5-6-10-19(18)27-20/h2-10,16H,11-15H2,1H3/p+1/t16-/m1/s1. The van der Waals surface area contributed by atoms with Crippen LogP contribution in [0.4, 0.5) is 0 Å². The van der Waals surface area contributed by atoms with Gasteiger partial charge in [-0.1, -0.05) is 30.3 Å². The number of carbonyl (C=O) groups is 1. The smallest absolute Gasteiger partial charge is 0.263 e. The van der Waals surface area contributed by atoms with Crippen molar-refractivity contribution < 1.29 is 14.4 Å². The fourth-order valence-corrected chi connectivity index (χ4v) is 4.48. The quantitative estimate of drug-likeness (QED) is 0.734. The minimum Gasteiger partial charge on any atom is -0.481 e. The van der Waals surface area contributed by atoms with Gasteiger partial charge < -0.3 is 14.5 Å². The molecule has 1 saturated heterocycles. The molecule has 0 saturated carbocycles. The number of carbonyl (C=O) groups excluding carboxylic acids is 1. The zero-order valence-corrected chi connectivity index (χ0v) is 16.2. The number of para-hydroxylation sites is 2. The molecular formula is C21H24N3O2S+. The molecule has 6 heteroatoms. The van der Waals surface area contributed by atoms with Crippen LogP contribution in [0.2, 0.25) is 0 Å². The Bertz CT molecular complexity index is 871. The SMILES string of the molecule is C[C@@H](Oc1ccccc1)C(=O)N1CC[NH+](Cc2nc3ccccc3s2)CC1. The van der Waals surface area contributed by atoms with Crippen molar-refractivity contribution >= 4 is 27.5 Å². The number of benzene rings is 2. The highest BCUT2D eigenvalue weighted by Gasteiger charge is 2.28. The monoisotopic (exact) mass is 382 g/mol. The van der Waals surface area contributed by atoms with Crippen molar-refractivity contribution in [2.45, 2.75) is 19.6 Å². The molecule has 0 bridgehead atoms. The van der Waals surface area contributed by atoms with E-state index in [1.807, 2.05) is 48.2 Å². The Morgan fingerprint density at radius 1 is 1.15 bits per heavy atom. The van der Waals surface area contributed by atoms with Crippen molar-refractivity contribution in [2.75, 3.05) is 26.2 Å². The molecule has 0 radical (unpaired) electrons. The number of nitrogens with one attached hydrogen (secondary N) is 1. The fraction of sp³-hybridized carbons (Fsp3) is 0.333. The predicted molar refractivity (Wildman–Crippen MR) is 107 cm³/mol. The first-order valence-electron chi connectivity index (χ1n) is 9.37. The predicted octanol–water partition coefficient (Wildman–Crippen LogP) is 1.99. The molecule has 0 aliphatic carbocycles. The van der Waals surface area contributed by atoms with Crippen molar-refractivity contribution in [1.82, 2.24) is 9.88 Å². The summed E-state index contributed by atoms with van der Waals surface area (Å²) in [6.45, 7) is 6.18. The molecule has 1 amide bonds. The van der Waals surface area contributed by atoms with E-state index in [4.69, 9.17) is 9.72 Å². The first-order chi connectivity index (χ1) is 13.2. The molecule has 1 aliphatic heterocycles. The molecule has 1 atom stereocenters. The third-order valence-corrected chi connectivity index (χ3v) is 5.96. The minimum atomic E-state index is -0.460. The van der Waals surface area contributed by atoms with E-state index in [9.17, 15) is 4.79 Å². The van der Waals surface area contributed by atoms with Gasteiger partial charge in [0.2, 0.25) is 0 Å². The number of fused-ring (bicyclic) bond motifs is 1. The van der Waals surface area contributed by atoms with Crippen molar-refractivity contribution in [3.05, 3.63) is 59.6 Å². The van der Waals surface area contributed by atoms with E-state index in [2.05, 4.69) is 18.2 Å². The number of ether oxygens (including phenoxy) is 1. The topological polar surface area (TPSA) is 46.9 Å². The van der Waals surface area contributed by atoms with Gasteiger partial charge in [-0.25, -0.2) is 4.98 Å². The Kier molecular flexibility index (Phi) is 5.36. The van der Waals surface area contributed by atoms with Crippen LogP contribution < -0.4 is 9.64 Å². The maximum Gasteiger partial charge on any atom is 0.263 e. The Morgan fingerprint density at radius 2 is 1.85 bits per heavy atom. The molecular weight excluding hydrogens is 358 g/mol. The van der Waals surface area contributed by atoms with E-state index in [-0.39, 0.29) is 5.91 Å². The van der Waals surface area contributed by atoms with Gasteiger partial charge in [0.15, 0.2) is 6.10 Å². The van der Waals surface area contributed by atoms with E-state index >= 15 is 0 Å². The molecule has 3 aromatic rings. The highest BCUT2D eigenvalue weighted by Crippen LogP contribution is 2.20. The third-order valence-electron chi connectivity index (χ3n) is 4.93. The molecule has 1 N–H and O–H groups in total. The van der Waals surface area contributed by atoms with E-state index in [1.165, 1.54) is 14.6 Å². The summed E-state index contributed by atoms with van der Waals surface area (Å²) in [6.07, 6.45) is -0.460. The Labute approximate surface area is 163 Å². The van der Waals surface area contributed by atoms with Crippen LogP contribution in [0, 0.1) is 0 Å². The molecule has 2 heterocycles. The zero-order chi connectivity index (χ0) is 18.6. The number of aromatic nitrogens is 1. The number of nitrogens with zero attached hydrogens (tertiary/aromatic N) is 2. The molecule has 1 fully saturated rings. The summed E-state index contributed by atoms with van der Waals surface area (Å²) in [4.78, 5) is 20.8. The zero-order valence-electron chi connectivity index (χ0n) is 15.4. The van der Waals surface area contributed by atoms with Crippen LogP contribution in [-0.2, 0) is 11.3 Å². The maximum atomic E-state index is 12.7. The van der Waals surface area contributed by atoms with Crippen LogP contribution in [0.25, 0.3) is 10.2 Å². The number of piperazine rings is 1. The Hall–Kier alpha value is -2.44. The van der Waals surface area contributed by atoms with Crippen molar-refractivity contribution in [3.8, 4) is 5.75 Å². The van der Waals surface area contributed by atoms with Gasteiger partial charge in [0.05, 0.1) is 36.4 Å². The van der Waals surface area contributed by atoms with Gasteiger partial charge >= 0.3 is 0 Å². The van der Waals surface area contributed by atoms with Crippen molar-refractivity contribution in [1.29, 1.82) is 0 Å². The first-order valence-corrected chi connectivity index (χ1v) is 10.2. The third kappa shape index (κ3) is 4.28. The van der Waals surface area contributed by atoms with Crippen LogP contribution in [-0.4, -0.2) is 48.1 Å². The number of hydrogen-bond donors (Lipinski definition) is 1. The summed E-state index contributed by atoms with van der Waals surface area (Å²) < 4.78 is 7.02. The van der Waals surface area contributed by atoms with E-state index in [1.54, 1.807) is 11.3 Å². The van der Waals surface area contributed by atoms with Gasteiger partial charge in [0, 0.05) is 0 Å². The van der Waals surface area contributed by atoms with Gasteiger partial charge in [-0.2, -0.15) is 0 Å². The van der Waals surface area contributed by atoms with Crippen LogP contribution >= 0.6 is 11.3 Å². The van der Waals surface area contributed by atoms with Crippen LogP contribution in [0.5, 0.6) is 5.75 Å². The number of thiazole rings is 1. The first kappa shape index (κ1) is 17.9. The number of hydrogen-bond acceptors (Lipinski definition) is 4. The van der Waals surface area contributed by atoms with Crippen LogP contribution in [0.15, 0.2) is 54.6 Å². The number of quaternary nitrogens is 1. The number of rotatable bonds is 5. The van der Waals surface area contributed by atoms with Gasteiger partial charge in [0.25, 0.3) is 5.91 Å². The summed E-state index contributed by atoms with van der Waals surface area (Å²) >= 11 is 1.77. The normalized spacial score (nSPS) is 16.4. The van der Waals surface area contributed by atoms with Gasteiger partial charge in [0.1, 0.15) is 17.3 Å². The largest absolute Gasteiger partial charge is 0.481 e. The lowest BCUT2D eigenvalue weighted by atomic mass is 10.2. The lowest BCUT2D eigenvalue weighted by Gasteiger charge is -2.33. The summed E-state index contributed by atoms with van der Waals surface area (Å²) in [7, 11) is 0. The maximum absolute atomic E-state index is 12.7. The summed E-state index contributed by atoms with van der Waals surface area (Å²) in [5, 5.41) is 1.17. The Balaban J connectivity index is 1.29. The molecule has 140 valence electrons. The van der Waals surface area contributed by atoms with E-state index < -0.39 is 6.10 Å². The molecule has 1 aromatic heterocycles. The Morgan fingerprint density at radius 3 is 2.59 bits per heavy atom. The molecule has 27 heavy (non-hydrogen) atoms. The second-order valence-corrected chi connectivity index (χ2v) is 8.02. The molecule has 0 spiro atoms. The second kappa shape index (κ2) is 8.06. The highest BCUT2D eigenvalue weighted by molar-refractivity contribution is 7.18. The lowest BCUT2D eigenvalue weighted by Crippen LogP contribution is -3.13. The lowest BCUT2D eigenvalue weighted by molar-refractivity contribution is -0.917. The average Bonchev–Trinajstić information content (AvgIpc) is 3.11. The molecule has 0 unspecified atom stereocenters. The summed E-state index contributed by atoms with van der Waals surface area (Å²) in [5.74, 6) is 0.802. The van der Waals surface area contributed by atoms with Gasteiger partial charge in [-0.3, -0.25) is 4.79 Å². The van der Waals surface area contributed by atoms with E-state index in [0.717, 1.165) is 44.0 Å². The van der Waals surface area contributed by atoms with Crippen LogP contribution in [0.1, 0.15) is 11.9 Å². The second-order valence-electron chi connectivity index (χ2n) is 6.90. The van der Waals surface area contributed by atoms with Gasteiger partial charge in [-0.15, -0.1) is 11.3 Å². The average molecular weight is 383 g/mol.